The first-order valence-electron chi connectivity index (χ1n) is 5.35. The van der Waals surface area contributed by atoms with Crippen molar-refractivity contribution in [3.8, 4) is 0 Å². The zero-order valence-corrected chi connectivity index (χ0v) is 11.4. The van der Waals surface area contributed by atoms with Gasteiger partial charge >= 0.3 is 0 Å². The minimum absolute atomic E-state index is 0.00709. The Morgan fingerprint density at radius 2 is 2.06 bits per heavy atom. The number of rotatable bonds is 3. The Labute approximate surface area is 109 Å². The van der Waals surface area contributed by atoms with E-state index >= 15 is 0 Å². The molecular formula is C13H13BrN2O. The van der Waals surface area contributed by atoms with E-state index in [1.165, 1.54) is 0 Å². The molecule has 0 saturated carbocycles. The normalized spacial score (nSPS) is 10.5. The molecule has 2 aromatic rings. The van der Waals surface area contributed by atoms with Crippen molar-refractivity contribution in [2.75, 3.05) is 0 Å². The highest BCUT2D eigenvalue weighted by atomic mass is 79.9. The number of hydrogen-bond donors (Lipinski definition) is 0. The molecule has 0 bridgehead atoms. The van der Waals surface area contributed by atoms with Crippen LogP contribution in [0.3, 0.4) is 0 Å². The van der Waals surface area contributed by atoms with Crippen LogP contribution in [0.25, 0.3) is 0 Å². The maximum absolute atomic E-state index is 11.5. The number of carbonyl (C=O) groups excluding carboxylic acids is 1. The molecule has 1 aromatic heterocycles. The van der Waals surface area contributed by atoms with Crippen molar-refractivity contribution < 1.29 is 4.79 Å². The number of aryl methyl sites for hydroxylation is 1. The molecule has 2 rings (SSSR count). The lowest BCUT2D eigenvalue weighted by Gasteiger charge is -2.03. The highest BCUT2D eigenvalue weighted by molar-refractivity contribution is 9.10. The van der Waals surface area contributed by atoms with Gasteiger partial charge in [-0.3, -0.25) is 9.48 Å². The third-order valence-electron chi connectivity index (χ3n) is 2.58. The van der Waals surface area contributed by atoms with Gasteiger partial charge in [-0.1, -0.05) is 34.1 Å². The largest absolute Gasteiger partial charge is 0.293 e. The fourth-order valence-electron chi connectivity index (χ4n) is 1.81. The number of Topliss-reactive ketones (excluding diaryl/α,β-unsaturated/α-hetero) is 1. The molecule has 0 fully saturated rings. The predicted octanol–water partition coefficient (Wildman–Crippen LogP) is 2.98. The molecule has 1 heterocycles. The van der Waals surface area contributed by atoms with Gasteiger partial charge in [-0.15, -0.1) is 0 Å². The van der Waals surface area contributed by atoms with E-state index in [4.69, 9.17) is 0 Å². The van der Waals surface area contributed by atoms with Gasteiger partial charge in [0.2, 0.25) is 0 Å². The van der Waals surface area contributed by atoms with E-state index in [1.807, 2.05) is 37.5 Å². The van der Waals surface area contributed by atoms with Gasteiger partial charge < -0.3 is 0 Å². The summed E-state index contributed by atoms with van der Waals surface area (Å²) in [5.41, 5.74) is 2.68. The molecule has 0 aliphatic heterocycles. The summed E-state index contributed by atoms with van der Waals surface area (Å²) in [6.45, 7) is 1.55. The average Bonchev–Trinajstić information content (AvgIpc) is 2.63. The van der Waals surface area contributed by atoms with Gasteiger partial charge in [-0.2, -0.15) is 5.10 Å². The Balaban J connectivity index is 2.36. The summed E-state index contributed by atoms with van der Waals surface area (Å²) in [7, 11) is 1.83. The summed E-state index contributed by atoms with van der Waals surface area (Å²) in [6, 6.07) is 8.01. The second-order valence-electron chi connectivity index (χ2n) is 4.00. The quantitative estimate of drug-likeness (QED) is 0.815. The zero-order chi connectivity index (χ0) is 12.4. The molecule has 0 unspecified atom stereocenters. The first kappa shape index (κ1) is 12.0. The van der Waals surface area contributed by atoms with E-state index in [9.17, 15) is 4.79 Å². The third kappa shape index (κ3) is 2.64. The summed E-state index contributed by atoms with van der Waals surface area (Å²) in [4.78, 5) is 11.5. The van der Waals surface area contributed by atoms with Crippen molar-refractivity contribution in [1.29, 1.82) is 0 Å². The van der Waals surface area contributed by atoms with Crippen LogP contribution < -0.4 is 0 Å². The molecule has 0 saturated heterocycles. The topological polar surface area (TPSA) is 34.9 Å². The first-order valence-corrected chi connectivity index (χ1v) is 6.14. The maximum atomic E-state index is 11.5. The van der Waals surface area contributed by atoms with Crippen LogP contribution in [0.15, 0.2) is 34.9 Å². The predicted molar refractivity (Wildman–Crippen MR) is 70.2 cm³/mol. The number of hydrogen-bond acceptors (Lipinski definition) is 2. The third-order valence-corrected chi connectivity index (χ3v) is 3.35. The van der Waals surface area contributed by atoms with Crippen molar-refractivity contribution in [3.05, 3.63) is 51.8 Å². The lowest BCUT2D eigenvalue weighted by molar-refractivity contribution is 0.101. The van der Waals surface area contributed by atoms with Crippen molar-refractivity contribution >= 4 is 21.7 Å². The molecule has 1 aromatic carbocycles. The molecule has 0 atom stereocenters. The van der Waals surface area contributed by atoms with E-state index in [1.54, 1.807) is 11.6 Å². The highest BCUT2D eigenvalue weighted by Gasteiger charge is 2.13. The molecule has 17 heavy (non-hydrogen) atoms. The molecule has 0 N–H and O–H groups in total. The number of carbonyl (C=O) groups is 1. The Morgan fingerprint density at radius 1 is 1.35 bits per heavy atom. The van der Waals surface area contributed by atoms with Crippen LogP contribution in [0.1, 0.15) is 28.5 Å². The van der Waals surface area contributed by atoms with Crippen LogP contribution in [-0.2, 0) is 13.5 Å². The maximum Gasteiger partial charge on any atom is 0.180 e. The van der Waals surface area contributed by atoms with Crippen LogP contribution in [0.5, 0.6) is 0 Å². The molecule has 0 spiro atoms. The Hall–Kier alpha value is -1.42. The average molecular weight is 293 g/mol. The van der Waals surface area contributed by atoms with Crippen LogP contribution >= 0.6 is 15.9 Å². The minimum atomic E-state index is 0.00709. The van der Waals surface area contributed by atoms with Gasteiger partial charge in [0.1, 0.15) is 5.69 Å². The highest BCUT2D eigenvalue weighted by Crippen LogP contribution is 2.21. The van der Waals surface area contributed by atoms with Crippen LogP contribution in [0.2, 0.25) is 0 Å². The molecular weight excluding hydrogens is 280 g/mol. The van der Waals surface area contributed by atoms with Crippen molar-refractivity contribution in [2.45, 2.75) is 13.3 Å². The smallest absolute Gasteiger partial charge is 0.180 e. The van der Waals surface area contributed by atoms with Gasteiger partial charge in [0.15, 0.2) is 5.78 Å². The van der Waals surface area contributed by atoms with Gasteiger partial charge in [-0.25, -0.2) is 0 Å². The molecule has 0 radical (unpaired) electrons. The second-order valence-corrected chi connectivity index (χ2v) is 4.86. The van der Waals surface area contributed by atoms with Crippen LogP contribution in [0, 0.1) is 0 Å². The number of ketones is 1. The van der Waals surface area contributed by atoms with E-state index in [0.717, 1.165) is 15.6 Å². The van der Waals surface area contributed by atoms with Crippen molar-refractivity contribution in [1.82, 2.24) is 9.78 Å². The number of benzene rings is 1. The Morgan fingerprint density at radius 3 is 2.71 bits per heavy atom. The van der Waals surface area contributed by atoms with E-state index in [-0.39, 0.29) is 5.78 Å². The minimum Gasteiger partial charge on any atom is -0.293 e. The number of halogens is 1. The molecule has 0 amide bonds. The lowest BCUT2D eigenvalue weighted by Crippen LogP contribution is -2.00. The second kappa shape index (κ2) is 4.84. The first-order chi connectivity index (χ1) is 8.08. The molecule has 0 aliphatic rings. The molecule has 88 valence electrons. The summed E-state index contributed by atoms with van der Waals surface area (Å²) < 4.78 is 2.74. The monoisotopic (exact) mass is 292 g/mol. The summed E-state index contributed by atoms with van der Waals surface area (Å²) >= 11 is 3.51. The van der Waals surface area contributed by atoms with Gasteiger partial charge in [0, 0.05) is 36.6 Å². The van der Waals surface area contributed by atoms with Gasteiger partial charge in [0.05, 0.1) is 0 Å². The Kier molecular flexibility index (Phi) is 3.43. The molecule has 0 aliphatic carbocycles. The lowest BCUT2D eigenvalue weighted by atomic mass is 10.0. The summed E-state index contributed by atoms with van der Waals surface area (Å²) in [6.07, 6.45) is 2.61. The van der Waals surface area contributed by atoms with Gasteiger partial charge in [-0.05, 0) is 11.6 Å². The fraction of sp³-hybridized carbons (Fsp3) is 0.231. The van der Waals surface area contributed by atoms with Crippen molar-refractivity contribution in [3.63, 3.8) is 0 Å². The standard InChI is InChI=1S/C13H13BrN2O/c1-9(17)13-11(8-16(2)15-13)7-10-5-3-4-6-12(10)14/h3-6,8H,7H2,1-2H3. The molecule has 4 heteroatoms. The van der Waals surface area contributed by atoms with Crippen LogP contribution in [-0.4, -0.2) is 15.6 Å². The molecule has 3 nitrogen and oxygen atoms in total. The Bertz CT molecular complexity index is 560. The van der Waals surface area contributed by atoms with E-state index < -0.39 is 0 Å². The van der Waals surface area contributed by atoms with E-state index in [0.29, 0.717) is 12.1 Å². The number of nitrogens with zero attached hydrogens (tertiary/aromatic N) is 2. The van der Waals surface area contributed by atoms with Crippen molar-refractivity contribution in [2.24, 2.45) is 7.05 Å². The van der Waals surface area contributed by atoms with Gasteiger partial charge in [0.25, 0.3) is 0 Å². The zero-order valence-electron chi connectivity index (χ0n) is 9.77. The number of aromatic nitrogens is 2. The SMILES string of the molecule is CC(=O)c1nn(C)cc1Cc1ccccc1Br. The van der Waals surface area contributed by atoms with Crippen LogP contribution in [0.4, 0.5) is 0 Å². The summed E-state index contributed by atoms with van der Waals surface area (Å²) in [5.74, 6) is 0.00709. The summed E-state index contributed by atoms with van der Waals surface area (Å²) in [5, 5.41) is 4.19. The fourth-order valence-corrected chi connectivity index (χ4v) is 2.24. The van der Waals surface area contributed by atoms with E-state index in [2.05, 4.69) is 21.0 Å².